The highest BCUT2D eigenvalue weighted by atomic mass is 31.1. The molecule has 0 aliphatic heterocycles. The van der Waals surface area contributed by atoms with Crippen molar-refractivity contribution in [2.75, 3.05) is 0 Å². The average molecular weight is 380 g/mol. The zero-order chi connectivity index (χ0) is 19.1. The molecular weight excluding hydrogens is 358 g/mol. The number of benzene rings is 3. The van der Waals surface area contributed by atoms with Crippen molar-refractivity contribution in [3.63, 3.8) is 0 Å². The van der Waals surface area contributed by atoms with Gasteiger partial charge in [-0.25, -0.2) is 0 Å². The zero-order valence-corrected chi connectivity index (χ0v) is 17.1. The van der Waals surface area contributed by atoms with Crippen LogP contribution in [-0.4, -0.2) is 5.52 Å². The minimum absolute atomic E-state index is 0.234. The maximum absolute atomic E-state index is 13.5. The molecule has 0 unspecified atom stereocenters. The Morgan fingerprint density at radius 3 is 1.50 bits per heavy atom. The Labute approximate surface area is 158 Å². The molecule has 0 N–H and O–H groups in total. The number of aryl methyl sites for hydroxylation is 3. The fraction of sp³-hybridized carbons (Fsp3) is 0.136. The lowest BCUT2D eigenvalue weighted by molar-refractivity contribution is 0.108. The normalized spacial score (nSPS) is 10.2. The summed E-state index contributed by atoms with van der Waals surface area (Å²) in [4.78, 5) is 13.5. The molecule has 0 fully saturated rings. The summed E-state index contributed by atoms with van der Waals surface area (Å²) in [5.41, 5.74) is 4.44. The molecule has 0 aromatic heterocycles. The van der Waals surface area contributed by atoms with Crippen LogP contribution in [0, 0.1) is 20.8 Å². The van der Waals surface area contributed by atoms with Gasteiger partial charge in [0.15, 0.2) is 5.52 Å². The Kier molecular flexibility index (Phi) is 7.39. The Hall–Kier alpha value is -2.14. The maximum atomic E-state index is 13.5. The number of carbonyl (C=O) groups is 1. The molecular formula is C22H22O2P2. The summed E-state index contributed by atoms with van der Waals surface area (Å²) in [5.74, 6) is 0. The van der Waals surface area contributed by atoms with Gasteiger partial charge in [0, 0.05) is 13.5 Å². The number of hydrogen-bond donors (Lipinski definition) is 0. The smallest absolute Gasteiger partial charge is 0.193 e. The van der Waals surface area contributed by atoms with Crippen molar-refractivity contribution in [1.82, 2.24) is 0 Å². The fourth-order valence-electron chi connectivity index (χ4n) is 3.17. The van der Waals surface area contributed by atoms with Crippen LogP contribution in [0.15, 0.2) is 72.8 Å². The van der Waals surface area contributed by atoms with E-state index in [0.29, 0.717) is 0 Å². The largest absolute Gasteiger partial charge is 0.288 e. The highest BCUT2D eigenvalue weighted by molar-refractivity contribution is 7.88. The van der Waals surface area contributed by atoms with Crippen molar-refractivity contribution < 1.29 is 9.36 Å². The van der Waals surface area contributed by atoms with Gasteiger partial charge in [0.1, 0.15) is 9.12 Å². The van der Waals surface area contributed by atoms with E-state index in [1.807, 2.05) is 50.2 Å². The van der Waals surface area contributed by atoms with Crippen molar-refractivity contribution in [3.8, 4) is 0 Å². The molecule has 3 aromatic rings. The Bertz CT molecular complexity index is 815. The fourth-order valence-corrected chi connectivity index (χ4v) is 5.45. The molecule has 3 rings (SSSR count). The predicted octanol–water partition coefficient (Wildman–Crippen LogP) is 5.36. The minimum Gasteiger partial charge on any atom is -0.288 e. The van der Waals surface area contributed by atoms with Crippen LogP contribution in [-0.2, 0) is 4.57 Å². The molecule has 0 spiro atoms. The molecule has 2 nitrogen and oxygen atoms in total. The van der Waals surface area contributed by atoms with Crippen molar-refractivity contribution in [2.24, 2.45) is 0 Å². The van der Waals surface area contributed by atoms with E-state index in [2.05, 4.69) is 43.3 Å². The summed E-state index contributed by atoms with van der Waals surface area (Å²) < 4.78 is 8.06. The molecule has 4 heteroatoms. The summed E-state index contributed by atoms with van der Waals surface area (Å²) in [6, 6.07) is 24.5. The van der Waals surface area contributed by atoms with E-state index in [1.165, 1.54) is 5.56 Å². The first kappa shape index (κ1) is 20.2. The lowest BCUT2D eigenvalue weighted by Gasteiger charge is -2.20. The summed E-state index contributed by atoms with van der Waals surface area (Å²) in [7, 11) is 0.653. The van der Waals surface area contributed by atoms with Crippen molar-refractivity contribution >= 4 is 33.2 Å². The van der Waals surface area contributed by atoms with Crippen LogP contribution in [0.2, 0.25) is 0 Å². The van der Waals surface area contributed by atoms with Gasteiger partial charge in [0.2, 0.25) is 0 Å². The van der Waals surface area contributed by atoms with Crippen LogP contribution in [0.5, 0.6) is 0 Å². The first-order valence-corrected chi connectivity index (χ1v) is 10.1. The maximum Gasteiger partial charge on any atom is 0.193 e. The topological polar surface area (TPSA) is 34.1 Å². The molecule has 3 aromatic carbocycles. The molecule has 26 heavy (non-hydrogen) atoms. The lowest BCUT2D eigenvalue weighted by atomic mass is 10.0. The second-order valence-electron chi connectivity index (χ2n) is 6.09. The Morgan fingerprint density at radius 2 is 1.12 bits per heavy atom. The first-order chi connectivity index (χ1) is 12.6. The van der Waals surface area contributed by atoms with Gasteiger partial charge in [-0.2, -0.15) is 0 Å². The minimum atomic E-state index is -1.07. The van der Waals surface area contributed by atoms with Crippen LogP contribution in [0.25, 0.3) is 0 Å². The van der Waals surface area contributed by atoms with Gasteiger partial charge in [0.05, 0.1) is 0 Å². The quantitative estimate of drug-likeness (QED) is 0.571. The van der Waals surface area contributed by atoms with E-state index >= 15 is 0 Å². The van der Waals surface area contributed by atoms with E-state index < -0.39 is 7.92 Å². The van der Waals surface area contributed by atoms with Crippen LogP contribution in [0.3, 0.4) is 0 Å². The molecule has 132 valence electrons. The monoisotopic (exact) mass is 380 g/mol. The first-order valence-electron chi connectivity index (χ1n) is 8.31. The Morgan fingerprint density at radius 1 is 0.731 bits per heavy atom. The summed E-state index contributed by atoms with van der Waals surface area (Å²) in [6.45, 7) is 6.15. The Balaban J connectivity index is 0.00000117. The van der Waals surface area contributed by atoms with Crippen LogP contribution in [0.1, 0.15) is 27.0 Å². The third-order valence-electron chi connectivity index (χ3n) is 4.12. The van der Waals surface area contributed by atoms with Crippen LogP contribution < -0.4 is 10.6 Å². The van der Waals surface area contributed by atoms with Crippen LogP contribution >= 0.6 is 17.0 Å². The number of rotatable bonds is 4. The van der Waals surface area contributed by atoms with Gasteiger partial charge in [-0.1, -0.05) is 78.4 Å². The molecule has 0 amide bonds. The van der Waals surface area contributed by atoms with Gasteiger partial charge >= 0.3 is 0 Å². The van der Waals surface area contributed by atoms with Gasteiger partial charge in [0.25, 0.3) is 0 Å². The molecule has 0 atom stereocenters. The average Bonchev–Trinajstić information content (AvgIpc) is 2.64. The lowest BCUT2D eigenvalue weighted by Crippen LogP contribution is -2.19. The van der Waals surface area contributed by atoms with Crippen LogP contribution in [0.4, 0.5) is 0 Å². The standard InChI is InChI=1S/C22H21OP.HOP/c1-16-14-17(2)21(18(3)15-16)22(23)24(19-10-6-4-7-11-19)20-12-8-5-9-13-20;1-2/h4-15H,1-3H3;2H. The second-order valence-corrected chi connectivity index (χ2v) is 8.20. The number of carbonyl (C=O) groups excluding carboxylic acids is 1. The second kappa shape index (κ2) is 9.53. The summed E-state index contributed by atoms with van der Waals surface area (Å²) in [5, 5.41) is 2.20. The van der Waals surface area contributed by atoms with E-state index in [4.69, 9.17) is 4.57 Å². The van der Waals surface area contributed by atoms with Gasteiger partial charge < -0.3 is 0 Å². The highest BCUT2D eigenvalue weighted by Gasteiger charge is 2.26. The summed E-state index contributed by atoms with van der Waals surface area (Å²) >= 11 is 0. The van der Waals surface area contributed by atoms with Crippen molar-refractivity contribution in [1.29, 1.82) is 0 Å². The van der Waals surface area contributed by atoms with Crippen molar-refractivity contribution in [3.05, 3.63) is 95.1 Å². The highest BCUT2D eigenvalue weighted by Crippen LogP contribution is 2.39. The van der Waals surface area contributed by atoms with E-state index in [0.717, 1.165) is 27.3 Å². The van der Waals surface area contributed by atoms with Gasteiger partial charge in [-0.15, -0.1) is 0 Å². The molecule has 0 saturated heterocycles. The van der Waals surface area contributed by atoms with Gasteiger partial charge in [-0.05, 0) is 42.5 Å². The third-order valence-corrected chi connectivity index (χ3v) is 6.38. The molecule has 0 heterocycles. The summed E-state index contributed by atoms with van der Waals surface area (Å²) in [6.07, 6.45) is 0. The molecule has 0 aliphatic carbocycles. The number of hydrogen-bond acceptors (Lipinski definition) is 2. The molecule has 0 aliphatic rings. The third kappa shape index (κ3) is 4.52. The molecule has 0 bridgehead atoms. The zero-order valence-electron chi connectivity index (χ0n) is 15.2. The van der Waals surface area contributed by atoms with E-state index in [9.17, 15) is 4.79 Å². The SMILES string of the molecule is Cc1cc(C)c(C(=O)P(c2ccccc2)c2ccccc2)c(C)c1.O=P. The molecule has 0 saturated carbocycles. The van der Waals surface area contributed by atoms with E-state index in [-0.39, 0.29) is 5.52 Å². The van der Waals surface area contributed by atoms with Crippen molar-refractivity contribution in [2.45, 2.75) is 20.8 Å². The van der Waals surface area contributed by atoms with Gasteiger partial charge in [-0.3, -0.25) is 9.36 Å². The molecule has 0 radical (unpaired) electrons. The van der Waals surface area contributed by atoms with E-state index in [1.54, 1.807) is 9.12 Å². The predicted molar refractivity (Wildman–Crippen MR) is 113 cm³/mol.